The molecule has 0 heterocycles. The molecule has 0 spiro atoms. The van der Waals surface area contributed by atoms with Gasteiger partial charge in [-0.1, -0.05) is 12.1 Å². The van der Waals surface area contributed by atoms with Gasteiger partial charge in [-0.25, -0.2) is 0 Å². The van der Waals surface area contributed by atoms with Crippen LogP contribution in [-0.4, -0.2) is 24.9 Å². The Kier molecular flexibility index (Phi) is 3.49. The van der Waals surface area contributed by atoms with Crippen LogP contribution in [0.15, 0.2) is 36.4 Å². The molecule has 0 saturated heterocycles. The molecule has 0 aliphatic rings. The van der Waals surface area contributed by atoms with Gasteiger partial charge in [0.15, 0.2) is 0 Å². The van der Waals surface area contributed by atoms with Crippen molar-refractivity contribution in [1.29, 1.82) is 0 Å². The van der Waals surface area contributed by atoms with Crippen LogP contribution in [0.4, 0.5) is 0 Å². The van der Waals surface area contributed by atoms with Gasteiger partial charge in [-0.15, -0.1) is 0 Å². The summed E-state index contributed by atoms with van der Waals surface area (Å²) in [5.74, 6) is 1.05. The zero-order chi connectivity index (χ0) is 12.3. The van der Waals surface area contributed by atoms with Crippen LogP contribution in [0, 0.1) is 0 Å². The van der Waals surface area contributed by atoms with Gasteiger partial charge >= 0.3 is 0 Å². The Bertz CT molecular complexity index is 508. The molecule has 0 bridgehead atoms. The van der Waals surface area contributed by atoms with Gasteiger partial charge in [0, 0.05) is 7.11 Å². The number of hydrogen-bond acceptors (Lipinski definition) is 3. The van der Waals surface area contributed by atoms with Crippen LogP contribution in [0.3, 0.4) is 0 Å². The molecule has 1 atom stereocenters. The SMILES string of the molecule is COC(C)COc1ccc2ccc(O)cc2c1. The molecule has 3 heteroatoms. The highest BCUT2D eigenvalue weighted by Crippen LogP contribution is 2.24. The lowest BCUT2D eigenvalue weighted by molar-refractivity contribution is 0.0717. The van der Waals surface area contributed by atoms with Crippen LogP contribution in [0.1, 0.15) is 6.92 Å². The predicted octanol–water partition coefficient (Wildman–Crippen LogP) is 2.96. The van der Waals surface area contributed by atoms with E-state index in [0.29, 0.717) is 6.61 Å². The lowest BCUT2D eigenvalue weighted by Crippen LogP contribution is -2.15. The fourth-order valence-electron chi connectivity index (χ4n) is 1.58. The molecule has 0 saturated carbocycles. The van der Waals surface area contributed by atoms with E-state index in [9.17, 15) is 5.11 Å². The van der Waals surface area contributed by atoms with Crippen LogP contribution >= 0.6 is 0 Å². The monoisotopic (exact) mass is 232 g/mol. The summed E-state index contributed by atoms with van der Waals surface area (Å²) in [7, 11) is 1.66. The number of phenolic OH excluding ortho intramolecular Hbond substituents is 1. The number of phenols is 1. The highest BCUT2D eigenvalue weighted by atomic mass is 16.5. The number of rotatable bonds is 4. The minimum Gasteiger partial charge on any atom is -0.508 e. The molecule has 90 valence electrons. The lowest BCUT2D eigenvalue weighted by atomic mass is 10.1. The summed E-state index contributed by atoms with van der Waals surface area (Å²) in [6.45, 7) is 2.47. The topological polar surface area (TPSA) is 38.7 Å². The fraction of sp³-hybridized carbons (Fsp3) is 0.286. The zero-order valence-electron chi connectivity index (χ0n) is 10.0. The van der Waals surface area contributed by atoms with Gasteiger partial charge in [0.2, 0.25) is 0 Å². The third kappa shape index (κ3) is 2.88. The first-order valence-electron chi connectivity index (χ1n) is 5.57. The van der Waals surface area contributed by atoms with Gasteiger partial charge in [-0.3, -0.25) is 0 Å². The quantitative estimate of drug-likeness (QED) is 0.880. The molecule has 1 unspecified atom stereocenters. The first kappa shape index (κ1) is 11.7. The summed E-state index contributed by atoms with van der Waals surface area (Å²) in [6, 6.07) is 11.1. The standard InChI is InChI=1S/C14H16O3/c1-10(16-2)9-17-14-6-4-11-3-5-13(15)7-12(11)8-14/h3-8,10,15H,9H2,1-2H3. The minimum absolute atomic E-state index is 0.0647. The number of benzene rings is 2. The molecule has 2 rings (SSSR count). The smallest absolute Gasteiger partial charge is 0.120 e. The number of hydrogen-bond donors (Lipinski definition) is 1. The fourth-order valence-corrected chi connectivity index (χ4v) is 1.58. The molecule has 3 nitrogen and oxygen atoms in total. The van der Waals surface area contributed by atoms with Crippen molar-refractivity contribution in [3.8, 4) is 11.5 Å². The molecule has 17 heavy (non-hydrogen) atoms. The summed E-state index contributed by atoms with van der Waals surface area (Å²) in [4.78, 5) is 0. The second-order valence-corrected chi connectivity index (χ2v) is 4.05. The average molecular weight is 232 g/mol. The molecule has 2 aromatic carbocycles. The van der Waals surface area contributed by atoms with Gasteiger partial charge in [-0.05, 0) is 42.0 Å². The average Bonchev–Trinajstić information content (AvgIpc) is 2.35. The van der Waals surface area contributed by atoms with E-state index >= 15 is 0 Å². The molecule has 0 aromatic heterocycles. The van der Waals surface area contributed by atoms with Crippen LogP contribution in [0.25, 0.3) is 10.8 Å². The molecule has 0 fully saturated rings. The second kappa shape index (κ2) is 5.06. The molecular formula is C14H16O3. The van der Waals surface area contributed by atoms with E-state index in [0.717, 1.165) is 16.5 Å². The Morgan fingerprint density at radius 2 is 1.88 bits per heavy atom. The van der Waals surface area contributed by atoms with E-state index in [1.165, 1.54) is 0 Å². The van der Waals surface area contributed by atoms with Crippen molar-refractivity contribution in [3.05, 3.63) is 36.4 Å². The molecule has 2 aromatic rings. The Labute approximate surface area is 101 Å². The van der Waals surface area contributed by atoms with Crippen LogP contribution in [-0.2, 0) is 4.74 Å². The summed E-state index contributed by atoms with van der Waals surface area (Å²) >= 11 is 0. The predicted molar refractivity (Wildman–Crippen MR) is 67.6 cm³/mol. The summed E-state index contributed by atoms with van der Waals surface area (Å²) < 4.78 is 10.7. The Balaban J connectivity index is 2.19. The molecule has 0 radical (unpaired) electrons. The van der Waals surface area contributed by atoms with Gasteiger partial charge in [0.1, 0.15) is 18.1 Å². The normalized spacial score (nSPS) is 12.6. The molecular weight excluding hydrogens is 216 g/mol. The van der Waals surface area contributed by atoms with Gasteiger partial charge in [0.05, 0.1) is 6.10 Å². The largest absolute Gasteiger partial charge is 0.508 e. The molecule has 0 amide bonds. The Morgan fingerprint density at radius 1 is 1.12 bits per heavy atom. The van der Waals surface area contributed by atoms with Crippen molar-refractivity contribution in [3.63, 3.8) is 0 Å². The number of aromatic hydroxyl groups is 1. The Hall–Kier alpha value is -1.74. The van der Waals surface area contributed by atoms with Crippen molar-refractivity contribution >= 4 is 10.8 Å². The number of ether oxygens (including phenoxy) is 2. The number of fused-ring (bicyclic) bond motifs is 1. The number of methoxy groups -OCH3 is 1. The summed E-state index contributed by atoms with van der Waals surface area (Å²) in [5, 5.41) is 11.5. The van der Waals surface area contributed by atoms with Crippen LogP contribution < -0.4 is 4.74 Å². The van der Waals surface area contributed by atoms with Crippen molar-refractivity contribution in [2.24, 2.45) is 0 Å². The van der Waals surface area contributed by atoms with E-state index in [2.05, 4.69) is 0 Å². The first-order valence-corrected chi connectivity index (χ1v) is 5.57. The van der Waals surface area contributed by atoms with Gasteiger partial charge in [0.25, 0.3) is 0 Å². The highest BCUT2D eigenvalue weighted by molar-refractivity contribution is 5.85. The van der Waals surface area contributed by atoms with Crippen LogP contribution in [0.2, 0.25) is 0 Å². The summed E-state index contributed by atoms with van der Waals surface area (Å²) in [5.41, 5.74) is 0. The highest BCUT2D eigenvalue weighted by Gasteiger charge is 2.02. The third-order valence-electron chi connectivity index (χ3n) is 2.68. The molecule has 0 aliphatic heterocycles. The maximum Gasteiger partial charge on any atom is 0.120 e. The van der Waals surface area contributed by atoms with E-state index < -0.39 is 0 Å². The minimum atomic E-state index is 0.0647. The zero-order valence-corrected chi connectivity index (χ0v) is 10.0. The van der Waals surface area contributed by atoms with Gasteiger partial charge < -0.3 is 14.6 Å². The van der Waals surface area contributed by atoms with Gasteiger partial charge in [-0.2, -0.15) is 0 Å². The molecule has 1 N–H and O–H groups in total. The second-order valence-electron chi connectivity index (χ2n) is 4.05. The lowest BCUT2D eigenvalue weighted by Gasteiger charge is -2.11. The van der Waals surface area contributed by atoms with Crippen molar-refractivity contribution in [2.75, 3.05) is 13.7 Å². The Morgan fingerprint density at radius 3 is 2.65 bits per heavy atom. The van der Waals surface area contributed by atoms with Crippen molar-refractivity contribution < 1.29 is 14.6 Å². The maximum atomic E-state index is 9.42. The van der Waals surface area contributed by atoms with E-state index in [-0.39, 0.29) is 11.9 Å². The van der Waals surface area contributed by atoms with E-state index in [1.54, 1.807) is 19.2 Å². The molecule has 0 aliphatic carbocycles. The van der Waals surface area contributed by atoms with Crippen molar-refractivity contribution in [1.82, 2.24) is 0 Å². The van der Waals surface area contributed by atoms with Crippen LogP contribution in [0.5, 0.6) is 11.5 Å². The van der Waals surface area contributed by atoms with E-state index in [1.807, 2.05) is 31.2 Å². The van der Waals surface area contributed by atoms with Crippen molar-refractivity contribution in [2.45, 2.75) is 13.0 Å². The third-order valence-corrected chi connectivity index (χ3v) is 2.68. The van der Waals surface area contributed by atoms with E-state index in [4.69, 9.17) is 9.47 Å². The summed E-state index contributed by atoms with van der Waals surface area (Å²) in [6.07, 6.45) is 0.0647. The maximum absolute atomic E-state index is 9.42. The first-order chi connectivity index (χ1) is 8.19.